The van der Waals surface area contributed by atoms with Crippen molar-refractivity contribution in [3.05, 3.63) is 42.0 Å². The Morgan fingerprint density at radius 3 is 2.53 bits per heavy atom. The number of phenols is 1. The Balaban J connectivity index is 1.20. The largest absolute Gasteiger partial charge is 0.506 e. The number of hydrogen-bond donors (Lipinski definition) is 3. The van der Waals surface area contributed by atoms with Crippen molar-refractivity contribution in [3.8, 4) is 5.75 Å². The van der Waals surface area contributed by atoms with E-state index in [-0.39, 0.29) is 17.9 Å². The van der Waals surface area contributed by atoms with Crippen LogP contribution in [0.3, 0.4) is 0 Å². The van der Waals surface area contributed by atoms with E-state index in [1.165, 1.54) is 6.07 Å². The van der Waals surface area contributed by atoms with Crippen LogP contribution in [0.1, 0.15) is 38.1 Å². The summed E-state index contributed by atoms with van der Waals surface area (Å²) < 4.78 is 35.3. The van der Waals surface area contributed by atoms with Crippen molar-refractivity contribution in [1.29, 1.82) is 0 Å². The van der Waals surface area contributed by atoms with Gasteiger partial charge in [0.15, 0.2) is 17.9 Å². The molecule has 2 aromatic carbocycles. The number of phenolic OH excluding ortho intramolecular Hbond substituents is 1. The van der Waals surface area contributed by atoms with Crippen LogP contribution in [0.5, 0.6) is 5.75 Å². The average molecular weight is 503 g/mol. The van der Waals surface area contributed by atoms with Crippen LogP contribution >= 0.6 is 0 Å². The van der Waals surface area contributed by atoms with Gasteiger partial charge in [0.25, 0.3) is 11.8 Å². The first kappa shape index (κ1) is 24.9. The Hall–Kier alpha value is -2.80. The molecule has 3 aliphatic heterocycles. The van der Waals surface area contributed by atoms with Gasteiger partial charge in [-0.15, -0.1) is 0 Å². The second-order valence-electron chi connectivity index (χ2n) is 9.90. The Labute approximate surface area is 207 Å². The summed E-state index contributed by atoms with van der Waals surface area (Å²) in [6.07, 6.45) is -2.96. The number of rotatable bonds is 5. The standard InChI is InChI=1S/C25H30N2O9/c1-24(2)32-11-16(34-24)19-20(21-23(33-19)36-25(3,4)35-21)31-12-17(28)26-27-22(30)15-10-9-13-7-5-6-8-14(13)18(15)29/h5-10,16,19-21,23,29H,11-12H2,1-4H3,(H,26,28)(H,27,30)/t16?,19-,20+,21-,23-/m1/s1. The predicted octanol–water partition coefficient (Wildman–Crippen LogP) is 1.72. The molecule has 3 fully saturated rings. The molecule has 194 valence electrons. The van der Waals surface area contributed by atoms with E-state index in [1.807, 2.05) is 12.1 Å². The SMILES string of the molecule is CC1(C)OCC([C@H]2O[C@@H]3OC(C)(C)O[C@@H]3[C@H]2OCC(=O)NNC(=O)c2ccc3ccccc3c2O)O1. The second kappa shape index (κ2) is 9.25. The highest BCUT2D eigenvalue weighted by molar-refractivity contribution is 6.04. The number of amides is 2. The highest BCUT2D eigenvalue weighted by Crippen LogP contribution is 2.41. The zero-order valence-corrected chi connectivity index (χ0v) is 20.5. The minimum atomic E-state index is -0.869. The van der Waals surface area contributed by atoms with E-state index in [4.69, 9.17) is 28.4 Å². The van der Waals surface area contributed by atoms with Crippen LogP contribution in [0.25, 0.3) is 10.8 Å². The van der Waals surface area contributed by atoms with E-state index >= 15 is 0 Å². The van der Waals surface area contributed by atoms with Crippen molar-refractivity contribution in [2.75, 3.05) is 13.2 Å². The lowest BCUT2D eigenvalue weighted by Gasteiger charge is -2.28. The van der Waals surface area contributed by atoms with E-state index in [0.29, 0.717) is 5.39 Å². The van der Waals surface area contributed by atoms with Gasteiger partial charge in [-0.25, -0.2) is 0 Å². The van der Waals surface area contributed by atoms with Crippen LogP contribution < -0.4 is 10.9 Å². The first-order valence-corrected chi connectivity index (χ1v) is 11.8. The number of hydrogen-bond acceptors (Lipinski definition) is 9. The maximum Gasteiger partial charge on any atom is 0.273 e. The average Bonchev–Trinajstić information content (AvgIpc) is 3.44. The highest BCUT2D eigenvalue weighted by atomic mass is 16.8. The van der Waals surface area contributed by atoms with Crippen LogP contribution in [-0.4, -0.2) is 72.4 Å². The van der Waals surface area contributed by atoms with Gasteiger partial charge >= 0.3 is 0 Å². The number of carbonyl (C=O) groups is 2. The van der Waals surface area contributed by atoms with E-state index in [1.54, 1.807) is 45.9 Å². The third kappa shape index (κ3) is 4.90. The fraction of sp³-hybridized carbons (Fsp3) is 0.520. The lowest BCUT2D eigenvalue weighted by molar-refractivity contribution is -0.235. The van der Waals surface area contributed by atoms with Crippen LogP contribution in [0.2, 0.25) is 0 Å². The van der Waals surface area contributed by atoms with Crippen molar-refractivity contribution in [1.82, 2.24) is 10.9 Å². The third-order valence-electron chi connectivity index (χ3n) is 6.29. The van der Waals surface area contributed by atoms with Crippen LogP contribution in [0.15, 0.2) is 36.4 Å². The Kier molecular flexibility index (Phi) is 6.39. The molecule has 3 aliphatic rings. The molecule has 11 heteroatoms. The molecule has 11 nitrogen and oxygen atoms in total. The summed E-state index contributed by atoms with van der Waals surface area (Å²) in [5, 5.41) is 11.8. The van der Waals surface area contributed by atoms with Gasteiger partial charge in [0.1, 0.15) is 36.8 Å². The van der Waals surface area contributed by atoms with Gasteiger partial charge in [-0.3, -0.25) is 20.4 Å². The van der Waals surface area contributed by atoms with Gasteiger partial charge in [-0.1, -0.05) is 30.3 Å². The van der Waals surface area contributed by atoms with E-state index in [0.717, 1.165) is 5.39 Å². The summed E-state index contributed by atoms with van der Waals surface area (Å²) >= 11 is 0. The number of ether oxygens (including phenoxy) is 6. The molecule has 3 saturated heterocycles. The molecule has 0 bridgehead atoms. The van der Waals surface area contributed by atoms with Crippen molar-refractivity contribution < 1.29 is 43.1 Å². The molecule has 3 N–H and O–H groups in total. The number of carbonyl (C=O) groups excluding carboxylic acids is 2. The molecule has 2 amide bonds. The monoisotopic (exact) mass is 502 g/mol. The first-order chi connectivity index (χ1) is 17.0. The minimum Gasteiger partial charge on any atom is -0.506 e. The third-order valence-corrected chi connectivity index (χ3v) is 6.29. The van der Waals surface area contributed by atoms with Crippen molar-refractivity contribution >= 4 is 22.6 Å². The molecule has 5 rings (SSSR count). The second-order valence-corrected chi connectivity index (χ2v) is 9.90. The summed E-state index contributed by atoms with van der Waals surface area (Å²) in [5.41, 5.74) is 4.65. The van der Waals surface area contributed by atoms with Gasteiger partial charge in [0.05, 0.1) is 12.2 Å². The van der Waals surface area contributed by atoms with Crippen molar-refractivity contribution in [3.63, 3.8) is 0 Å². The topological polar surface area (TPSA) is 134 Å². The van der Waals surface area contributed by atoms with Gasteiger partial charge < -0.3 is 33.5 Å². The maximum absolute atomic E-state index is 12.6. The minimum absolute atomic E-state index is 0.0294. The quantitative estimate of drug-likeness (QED) is 0.523. The van der Waals surface area contributed by atoms with Gasteiger partial charge in [-0.05, 0) is 39.1 Å². The number of benzene rings is 2. The van der Waals surface area contributed by atoms with Gasteiger partial charge in [0.2, 0.25) is 0 Å². The molecule has 0 saturated carbocycles. The Morgan fingerprint density at radius 1 is 1.00 bits per heavy atom. The fourth-order valence-corrected chi connectivity index (χ4v) is 4.71. The van der Waals surface area contributed by atoms with Crippen LogP contribution in [0, 0.1) is 0 Å². The Morgan fingerprint density at radius 2 is 1.78 bits per heavy atom. The molecule has 2 aromatic rings. The number of hydrazine groups is 1. The van der Waals surface area contributed by atoms with Gasteiger partial charge in [-0.2, -0.15) is 0 Å². The molecule has 0 aliphatic carbocycles. The smallest absolute Gasteiger partial charge is 0.273 e. The van der Waals surface area contributed by atoms with Crippen LogP contribution in [-0.2, 0) is 33.2 Å². The van der Waals surface area contributed by atoms with Crippen molar-refractivity contribution in [2.24, 2.45) is 0 Å². The summed E-state index contributed by atoms with van der Waals surface area (Å²) in [4.78, 5) is 25.1. The zero-order chi connectivity index (χ0) is 25.7. The van der Waals surface area contributed by atoms with Gasteiger partial charge in [0, 0.05) is 5.39 Å². The zero-order valence-electron chi connectivity index (χ0n) is 20.5. The molecule has 1 unspecified atom stereocenters. The molecule has 36 heavy (non-hydrogen) atoms. The number of nitrogens with one attached hydrogen (secondary N) is 2. The van der Waals surface area contributed by atoms with E-state index in [2.05, 4.69) is 10.9 Å². The number of fused-ring (bicyclic) bond motifs is 2. The van der Waals surface area contributed by atoms with E-state index < -0.39 is 60.7 Å². The normalized spacial score (nSPS) is 30.3. The van der Waals surface area contributed by atoms with Crippen molar-refractivity contribution in [2.45, 2.75) is 70.0 Å². The lowest BCUT2D eigenvalue weighted by atomic mass is 10.1. The molecule has 0 aromatic heterocycles. The lowest BCUT2D eigenvalue weighted by Crippen LogP contribution is -2.47. The first-order valence-electron chi connectivity index (χ1n) is 11.8. The molecule has 5 atom stereocenters. The highest BCUT2D eigenvalue weighted by Gasteiger charge is 2.59. The molecule has 3 heterocycles. The van der Waals surface area contributed by atoms with Crippen LogP contribution in [0.4, 0.5) is 0 Å². The Bertz CT molecular complexity index is 1170. The fourth-order valence-electron chi connectivity index (χ4n) is 4.71. The summed E-state index contributed by atoms with van der Waals surface area (Å²) in [6.45, 7) is 7.04. The summed E-state index contributed by atoms with van der Waals surface area (Å²) in [5.74, 6) is -3.08. The van der Waals surface area contributed by atoms with E-state index in [9.17, 15) is 14.7 Å². The maximum atomic E-state index is 12.6. The molecular formula is C25H30N2O9. The molecular weight excluding hydrogens is 472 g/mol. The summed E-state index contributed by atoms with van der Waals surface area (Å²) in [6, 6.07) is 10.3. The molecule has 0 spiro atoms. The molecule has 0 radical (unpaired) electrons. The summed E-state index contributed by atoms with van der Waals surface area (Å²) in [7, 11) is 0. The number of aromatic hydroxyl groups is 1. The predicted molar refractivity (Wildman–Crippen MR) is 125 cm³/mol.